The summed E-state index contributed by atoms with van der Waals surface area (Å²) in [6, 6.07) is 16.5. The van der Waals surface area contributed by atoms with Gasteiger partial charge in [0, 0.05) is 16.3 Å². The molecule has 0 amide bonds. The molecule has 1 aromatic heterocycles. The van der Waals surface area contributed by atoms with Gasteiger partial charge in [-0.3, -0.25) is 4.57 Å². The topological polar surface area (TPSA) is 49.8 Å². The van der Waals surface area contributed by atoms with Gasteiger partial charge in [0.15, 0.2) is 0 Å². The lowest BCUT2D eigenvalue weighted by Crippen LogP contribution is -2.31. The van der Waals surface area contributed by atoms with Crippen molar-refractivity contribution in [3.8, 4) is 0 Å². The lowest BCUT2D eigenvalue weighted by Gasteiger charge is -2.22. The van der Waals surface area contributed by atoms with Crippen molar-refractivity contribution < 1.29 is 0 Å². The largest absolute Gasteiger partial charge is 0.326 e. The van der Waals surface area contributed by atoms with Gasteiger partial charge in [0.05, 0.1) is 11.0 Å². The van der Waals surface area contributed by atoms with Crippen molar-refractivity contribution in [2.75, 3.05) is 13.1 Å². The van der Waals surface area contributed by atoms with Gasteiger partial charge in [0.1, 0.15) is 0 Å². The summed E-state index contributed by atoms with van der Waals surface area (Å²) in [5.74, 6) is 0.585. The second-order valence-corrected chi connectivity index (χ2v) is 7.48. The number of nitrogens with one attached hydrogen (secondary N) is 2. The van der Waals surface area contributed by atoms with Gasteiger partial charge in [-0.2, -0.15) is 0 Å². The Morgan fingerprint density at radius 2 is 1.83 bits per heavy atom. The highest BCUT2D eigenvalue weighted by atomic mass is 32.2. The van der Waals surface area contributed by atoms with Gasteiger partial charge in [0.2, 0.25) is 0 Å². The molecule has 1 aliphatic heterocycles. The first kappa shape index (κ1) is 15.5. The molecule has 2 heterocycles. The van der Waals surface area contributed by atoms with Gasteiger partial charge < -0.3 is 10.3 Å². The van der Waals surface area contributed by atoms with Crippen molar-refractivity contribution in [1.82, 2.24) is 14.9 Å². The number of rotatable bonds is 4. The number of fused-ring (bicyclic) bond motifs is 1. The minimum Gasteiger partial charge on any atom is -0.317 e. The van der Waals surface area contributed by atoms with Crippen LogP contribution in [-0.4, -0.2) is 22.6 Å². The number of H-pyrrole nitrogens is 1. The first-order valence-electron chi connectivity index (χ1n) is 8.46. The van der Waals surface area contributed by atoms with Crippen LogP contribution in [0.2, 0.25) is 0 Å². The number of piperidine rings is 1. The van der Waals surface area contributed by atoms with Crippen LogP contribution in [0.4, 0.5) is 0 Å². The highest BCUT2D eigenvalue weighted by Gasteiger charge is 2.16. The molecule has 2 N–H and O–H groups in total. The predicted octanol–water partition coefficient (Wildman–Crippen LogP) is 3.48. The highest BCUT2D eigenvalue weighted by molar-refractivity contribution is 7.99. The predicted molar refractivity (Wildman–Crippen MR) is 98.7 cm³/mol. The third-order valence-corrected chi connectivity index (χ3v) is 5.62. The van der Waals surface area contributed by atoms with Crippen molar-refractivity contribution in [2.45, 2.75) is 29.2 Å². The van der Waals surface area contributed by atoms with Gasteiger partial charge in [-0.05, 0) is 62.2 Å². The van der Waals surface area contributed by atoms with Crippen LogP contribution >= 0.6 is 11.8 Å². The summed E-state index contributed by atoms with van der Waals surface area (Å²) in [6.45, 7) is 2.92. The summed E-state index contributed by atoms with van der Waals surface area (Å²) >= 11 is 1.71. The zero-order chi connectivity index (χ0) is 16.4. The first-order valence-corrected chi connectivity index (χ1v) is 9.27. The fraction of sp³-hybridized carbons (Fsp3) is 0.316. The smallest absolute Gasteiger partial charge is 0.317 e. The SMILES string of the molecule is O=c1[nH]c2cc(Sc3ccccc3)ccc2n1CC1CCNCC1. The van der Waals surface area contributed by atoms with E-state index in [1.807, 2.05) is 22.8 Å². The minimum atomic E-state index is 0.00499. The molecule has 3 aromatic rings. The third kappa shape index (κ3) is 3.28. The van der Waals surface area contributed by atoms with Gasteiger partial charge in [-0.1, -0.05) is 30.0 Å². The van der Waals surface area contributed by atoms with Crippen molar-refractivity contribution in [2.24, 2.45) is 5.92 Å². The quantitative estimate of drug-likeness (QED) is 0.765. The van der Waals surface area contributed by atoms with Crippen molar-refractivity contribution >= 4 is 22.8 Å². The van der Waals surface area contributed by atoms with E-state index in [0.717, 1.165) is 48.4 Å². The second kappa shape index (κ2) is 6.87. The molecule has 124 valence electrons. The van der Waals surface area contributed by atoms with Gasteiger partial charge in [0.25, 0.3) is 0 Å². The van der Waals surface area contributed by atoms with E-state index in [9.17, 15) is 4.79 Å². The summed E-state index contributed by atoms with van der Waals surface area (Å²) in [4.78, 5) is 17.7. The Morgan fingerprint density at radius 1 is 1.04 bits per heavy atom. The number of nitrogens with zero attached hydrogens (tertiary/aromatic N) is 1. The fourth-order valence-corrected chi connectivity index (χ4v) is 4.21. The van der Waals surface area contributed by atoms with E-state index in [0.29, 0.717) is 5.92 Å². The van der Waals surface area contributed by atoms with Crippen LogP contribution < -0.4 is 11.0 Å². The fourth-order valence-electron chi connectivity index (χ4n) is 3.33. The van der Waals surface area contributed by atoms with E-state index < -0.39 is 0 Å². The Morgan fingerprint density at radius 3 is 2.62 bits per heavy atom. The summed E-state index contributed by atoms with van der Waals surface area (Å²) in [6.07, 6.45) is 2.28. The highest BCUT2D eigenvalue weighted by Crippen LogP contribution is 2.29. The molecule has 0 radical (unpaired) electrons. The molecule has 2 aromatic carbocycles. The number of aromatic amines is 1. The molecule has 1 saturated heterocycles. The van der Waals surface area contributed by atoms with Crippen LogP contribution in [0.5, 0.6) is 0 Å². The number of imidazole rings is 1. The molecule has 0 spiro atoms. The number of hydrogen-bond donors (Lipinski definition) is 2. The molecule has 0 saturated carbocycles. The maximum absolute atomic E-state index is 12.4. The normalized spacial score (nSPS) is 15.8. The average molecular weight is 339 g/mol. The zero-order valence-corrected chi connectivity index (χ0v) is 14.3. The Balaban J connectivity index is 1.60. The Hall–Kier alpha value is -1.98. The molecule has 1 aliphatic rings. The zero-order valence-electron chi connectivity index (χ0n) is 13.5. The van der Waals surface area contributed by atoms with Crippen LogP contribution in [0.25, 0.3) is 11.0 Å². The monoisotopic (exact) mass is 339 g/mol. The second-order valence-electron chi connectivity index (χ2n) is 6.33. The number of hydrogen-bond acceptors (Lipinski definition) is 3. The third-order valence-electron chi connectivity index (χ3n) is 4.62. The molecular formula is C19H21N3OS. The molecule has 0 atom stereocenters. The molecule has 0 unspecified atom stereocenters. The van der Waals surface area contributed by atoms with E-state index in [-0.39, 0.29) is 5.69 Å². The Bertz CT molecular complexity index is 879. The van der Waals surface area contributed by atoms with E-state index in [4.69, 9.17) is 0 Å². The van der Waals surface area contributed by atoms with Crippen LogP contribution in [0.3, 0.4) is 0 Å². The van der Waals surface area contributed by atoms with E-state index in [2.05, 4.69) is 40.6 Å². The van der Waals surface area contributed by atoms with Crippen molar-refractivity contribution in [3.05, 3.63) is 59.0 Å². The molecule has 5 heteroatoms. The van der Waals surface area contributed by atoms with Gasteiger partial charge >= 0.3 is 5.69 Å². The maximum Gasteiger partial charge on any atom is 0.326 e. The number of benzene rings is 2. The van der Waals surface area contributed by atoms with Gasteiger partial charge in [-0.15, -0.1) is 0 Å². The molecule has 24 heavy (non-hydrogen) atoms. The summed E-state index contributed by atoms with van der Waals surface area (Å²) in [5.41, 5.74) is 1.94. The van der Waals surface area contributed by atoms with Crippen LogP contribution in [0.15, 0.2) is 63.1 Å². The van der Waals surface area contributed by atoms with E-state index in [1.165, 1.54) is 4.90 Å². The van der Waals surface area contributed by atoms with Crippen molar-refractivity contribution in [1.29, 1.82) is 0 Å². The van der Waals surface area contributed by atoms with E-state index >= 15 is 0 Å². The Labute approximate surface area is 145 Å². The maximum atomic E-state index is 12.4. The van der Waals surface area contributed by atoms with E-state index in [1.54, 1.807) is 11.8 Å². The average Bonchev–Trinajstić information content (AvgIpc) is 2.92. The molecular weight excluding hydrogens is 318 g/mol. The standard InChI is InChI=1S/C19H21N3OS/c23-19-21-17-12-16(24-15-4-2-1-3-5-15)6-7-18(17)22(19)13-14-8-10-20-11-9-14/h1-7,12,14,20H,8-11,13H2,(H,21,23). The first-order chi connectivity index (χ1) is 11.8. The van der Waals surface area contributed by atoms with Gasteiger partial charge in [-0.25, -0.2) is 4.79 Å². The molecule has 1 fully saturated rings. The van der Waals surface area contributed by atoms with Crippen molar-refractivity contribution in [3.63, 3.8) is 0 Å². The summed E-state index contributed by atoms with van der Waals surface area (Å²) in [7, 11) is 0. The lowest BCUT2D eigenvalue weighted by molar-refractivity contribution is 0.333. The molecule has 4 nitrogen and oxygen atoms in total. The number of aromatic nitrogens is 2. The lowest BCUT2D eigenvalue weighted by atomic mass is 9.98. The summed E-state index contributed by atoms with van der Waals surface area (Å²) in [5, 5.41) is 3.38. The van der Waals surface area contributed by atoms with Crippen LogP contribution in [0, 0.1) is 5.92 Å². The van der Waals surface area contributed by atoms with Crippen LogP contribution in [0.1, 0.15) is 12.8 Å². The van der Waals surface area contributed by atoms with Crippen LogP contribution in [-0.2, 0) is 6.54 Å². The Kier molecular flexibility index (Phi) is 4.45. The molecule has 0 bridgehead atoms. The molecule has 0 aliphatic carbocycles. The summed E-state index contributed by atoms with van der Waals surface area (Å²) < 4.78 is 1.91. The minimum absolute atomic E-state index is 0.00499. The molecule has 4 rings (SSSR count).